The highest BCUT2D eigenvalue weighted by atomic mass is 16.5. The van der Waals surface area contributed by atoms with Gasteiger partial charge in [0.05, 0.1) is 13.2 Å². The molecule has 30 heavy (non-hydrogen) atoms. The molecule has 0 aliphatic rings. The molecular weight excluding hydrogens is 378 g/mol. The van der Waals surface area contributed by atoms with E-state index in [9.17, 15) is 4.79 Å². The summed E-state index contributed by atoms with van der Waals surface area (Å²) in [5.74, 6) is 1.53. The standard InChI is InChI=1S/C23H33N5O2/c1-24-22(29)18-10-8-9-17(15-18)13-14-26-23(25-2)27-16-20(28(3)4)19-11-6-7-12-21(19)30-5/h6-12,15,20H,13-14,16H2,1-5H3,(H,24,29)(H2,25,26,27). The number of aliphatic imine (C=N–C) groups is 1. The lowest BCUT2D eigenvalue weighted by molar-refractivity contribution is 0.0963. The molecule has 162 valence electrons. The first kappa shape index (κ1) is 23.2. The average molecular weight is 412 g/mol. The van der Waals surface area contributed by atoms with Crippen LogP contribution in [0.5, 0.6) is 5.75 Å². The summed E-state index contributed by atoms with van der Waals surface area (Å²) in [6.07, 6.45) is 0.787. The third-order valence-electron chi connectivity index (χ3n) is 4.93. The summed E-state index contributed by atoms with van der Waals surface area (Å²) in [6, 6.07) is 15.8. The van der Waals surface area contributed by atoms with Crippen molar-refractivity contribution in [2.24, 2.45) is 4.99 Å². The number of para-hydroxylation sites is 1. The van der Waals surface area contributed by atoms with Crippen molar-refractivity contribution in [1.29, 1.82) is 0 Å². The second-order valence-electron chi connectivity index (χ2n) is 7.13. The lowest BCUT2D eigenvalue weighted by Crippen LogP contribution is -2.42. The summed E-state index contributed by atoms with van der Waals surface area (Å²) in [7, 11) is 9.19. The van der Waals surface area contributed by atoms with Crippen molar-refractivity contribution in [2.45, 2.75) is 12.5 Å². The van der Waals surface area contributed by atoms with Crippen molar-refractivity contribution >= 4 is 11.9 Å². The van der Waals surface area contributed by atoms with Gasteiger partial charge in [-0.15, -0.1) is 0 Å². The first-order valence-electron chi connectivity index (χ1n) is 10.0. The average Bonchev–Trinajstić information content (AvgIpc) is 2.77. The highest BCUT2D eigenvalue weighted by Crippen LogP contribution is 2.27. The SMILES string of the molecule is CN=C(NCCc1cccc(C(=O)NC)c1)NCC(c1ccccc1OC)N(C)C. The van der Waals surface area contributed by atoms with E-state index < -0.39 is 0 Å². The van der Waals surface area contributed by atoms with Gasteiger partial charge in [-0.2, -0.15) is 0 Å². The third-order valence-corrected chi connectivity index (χ3v) is 4.93. The van der Waals surface area contributed by atoms with E-state index >= 15 is 0 Å². The molecule has 1 atom stereocenters. The van der Waals surface area contributed by atoms with E-state index in [0.717, 1.165) is 29.3 Å². The van der Waals surface area contributed by atoms with Gasteiger partial charge in [-0.3, -0.25) is 9.79 Å². The summed E-state index contributed by atoms with van der Waals surface area (Å²) >= 11 is 0. The summed E-state index contributed by atoms with van der Waals surface area (Å²) < 4.78 is 5.53. The number of methoxy groups -OCH3 is 1. The molecule has 0 aliphatic heterocycles. The van der Waals surface area contributed by atoms with E-state index in [-0.39, 0.29) is 11.9 Å². The minimum absolute atomic E-state index is 0.0756. The molecule has 7 nitrogen and oxygen atoms in total. The first-order valence-corrected chi connectivity index (χ1v) is 10.0. The third kappa shape index (κ3) is 6.49. The van der Waals surface area contributed by atoms with Gasteiger partial charge in [-0.1, -0.05) is 30.3 Å². The lowest BCUT2D eigenvalue weighted by atomic mass is 10.0. The number of rotatable bonds is 9. The van der Waals surface area contributed by atoms with E-state index in [2.05, 4.69) is 46.0 Å². The van der Waals surface area contributed by atoms with Gasteiger partial charge in [0.25, 0.3) is 5.91 Å². The predicted molar refractivity (Wildman–Crippen MR) is 122 cm³/mol. The summed E-state index contributed by atoms with van der Waals surface area (Å²) in [4.78, 5) is 18.3. The molecule has 3 N–H and O–H groups in total. The van der Waals surface area contributed by atoms with E-state index in [1.807, 2.05) is 42.5 Å². The Kier molecular flexibility index (Phi) is 9.15. The molecule has 0 heterocycles. The molecule has 0 bridgehead atoms. The highest BCUT2D eigenvalue weighted by Gasteiger charge is 2.18. The molecular formula is C23H33N5O2. The molecule has 0 spiro atoms. The zero-order chi connectivity index (χ0) is 21.9. The van der Waals surface area contributed by atoms with Gasteiger partial charge in [0, 0.05) is 38.3 Å². The molecule has 0 saturated carbocycles. The Hall–Kier alpha value is -3.06. The summed E-state index contributed by atoms with van der Waals surface area (Å²) in [5.41, 5.74) is 2.89. The number of nitrogens with zero attached hydrogens (tertiary/aromatic N) is 2. The molecule has 2 rings (SSSR count). The van der Waals surface area contributed by atoms with Gasteiger partial charge in [0.2, 0.25) is 0 Å². The molecule has 1 unspecified atom stereocenters. The molecule has 0 aromatic heterocycles. The number of likely N-dealkylation sites (N-methyl/N-ethyl adjacent to an activating group) is 1. The Balaban J connectivity index is 1.93. The van der Waals surface area contributed by atoms with Crippen molar-refractivity contribution in [3.8, 4) is 5.75 Å². The van der Waals surface area contributed by atoms with Crippen LogP contribution in [0.15, 0.2) is 53.5 Å². The highest BCUT2D eigenvalue weighted by molar-refractivity contribution is 5.94. The fourth-order valence-electron chi connectivity index (χ4n) is 3.26. The van der Waals surface area contributed by atoms with Crippen LogP contribution in [0.1, 0.15) is 27.5 Å². The van der Waals surface area contributed by atoms with Crippen LogP contribution in [0.2, 0.25) is 0 Å². The number of hydrogen-bond donors (Lipinski definition) is 3. The van der Waals surface area contributed by atoms with Crippen LogP contribution in [0, 0.1) is 0 Å². The molecule has 7 heteroatoms. The van der Waals surface area contributed by atoms with Crippen LogP contribution in [0.25, 0.3) is 0 Å². The Bertz CT molecular complexity index is 851. The number of nitrogens with one attached hydrogen (secondary N) is 3. The van der Waals surface area contributed by atoms with E-state index in [1.54, 1.807) is 21.2 Å². The van der Waals surface area contributed by atoms with Crippen molar-refractivity contribution in [3.63, 3.8) is 0 Å². The molecule has 0 radical (unpaired) electrons. The number of benzene rings is 2. The number of carbonyl (C=O) groups excluding carboxylic acids is 1. The van der Waals surface area contributed by atoms with Gasteiger partial charge in [0.15, 0.2) is 5.96 Å². The fourth-order valence-corrected chi connectivity index (χ4v) is 3.26. The zero-order valence-electron chi connectivity index (χ0n) is 18.5. The van der Waals surface area contributed by atoms with Gasteiger partial charge >= 0.3 is 0 Å². The number of hydrogen-bond acceptors (Lipinski definition) is 4. The Labute approximate surface area is 179 Å². The fraction of sp³-hybridized carbons (Fsp3) is 0.391. The molecule has 2 aromatic rings. The normalized spacial score (nSPS) is 12.4. The number of ether oxygens (including phenoxy) is 1. The van der Waals surface area contributed by atoms with Gasteiger partial charge in [-0.05, 0) is 44.3 Å². The maximum Gasteiger partial charge on any atom is 0.251 e. The molecule has 1 amide bonds. The summed E-state index contributed by atoms with van der Waals surface area (Å²) in [5, 5.41) is 9.40. The van der Waals surface area contributed by atoms with Crippen molar-refractivity contribution < 1.29 is 9.53 Å². The zero-order valence-corrected chi connectivity index (χ0v) is 18.5. The molecule has 0 fully saturated rings. The Morgan fingerprint density at radius 3 is 2.57 bits per heavy atom. The molecule has 0 saturated heterocycles. The molecule has 2 aromatic carbocycles. The van der Waals surface area contributed by atoms with Crippen LogP contribution in [-0.4, -0.2) is 65.2 Å². The predicted octanol–water partition coefficient (Wildman–Crippen LogP) is 2.07. The Morgan fingerprint density at radius 2 is 1.90 bits per heavy atom. The maximum absolute atomic E-state index is 11.8. The maximum atomic E-state index is 11.8. The Morgan fingerprint density at radius 1 is 1.13 bits per heavy atom. The van der Waals surface area contributed by atoms with Crippen molar-refractivity contribution in [1.82, 2.24) is 20.9 Å². The quantitative estimate of drug-likeness (QED) is 0.435. The topological polar surface area (TPSA) is 78.0 Å². The van der Waals surface area contributed by atoms with Crippen LogP contribution in [-0.2, 0) is 6.42 Å². The van der Waals surface area contributed by atoms with E-state index in [4.69, 9.17) is 4.74 Å². The molecule has 0 aliphatic carbocycles. The second kappa shape index (κ2) is 11.8. The second-order valence-corrected chi connectivity index (χ2v) is 7.13. The van der Waals surface area contributed by atoms with Crippen LogP contribution in [0.3, 0.4) is 0 Å². The van der Waals surface area contributed by atoms with Crippen molar-refractivity contribution in [3.05, 3.63) is 65.2 Å². The van der Waals surface area contributed by atoms with Crippen LogP contribution < -0.4 is 20.7 Å². The van der Waals surface area contributed by atoms with Crippen LogP contribution >= 0.6 is 0 Å². The smallest absolute Gasteiger partial charge is 0.251 e. The first-order chi connectivity index (χ1) is 14.5. The largest absolute Gasteiger partial charge is 0.496 e. The van der Waals surface area contributed by atoms with Gasteiger partial charge < -0.3 is 25.6 Å². The van der Waals surface area contributed by atoms with Gasteiger partial charge in [-0.25, -0.2) is 0 Å². The number of carbonyl (C=O) groups is 1. The summed E-state index contributed by atoms with van der Waals surface area (Å²) in [6.45, 7) is 1.39. The van der Waals surface area contributed by atoms with Crippen molar-refractivity contribution in [2.75, 3.05) is 48.4 Å². The van der Waals surface area contributed by atoms with E-state index in [0.29, 0.717) is 18.7 Å². The minimum atomic E-state index is -0.0756. The van der Waals surface area contributed by atoms with E-state index in [1.165, 1.54) is 0 Å². The minimum Gasteiger partial charge on any atom is -0.496 e. The monoisotopic (exact) mass is 411 g/mol. The number of amides is 1. The lowest BCUT2D eigenvalue weighted by Gasteiger charge is -2.27. The van der Waals surface area contributed by atoms with Gasteiger partial charge in [0.1, 0.15) is 5.75 Å². The van der Waals surface area contributed by atoms with Crippen LogP contribution in [0.4, 0.5) is 0 Å². The number of guanidine groups is 1.